The molecule has 0 spiro atoms. The normalized spacial score (nSPS) is 12.5. The minimum absolute atomic E-state index is 0.0737. The van der Waals surface area contributed by atoms with Gasteiger partial charge in [0, 0.05) is 16.6 Å². The Morgan fingerprint density at radius 3 is 2.15 bits per heavy atom. The van der Waals surface area contributed by atoms with Crippen molar-refractivity contribution in [2.24, 2.45) is 0 Å². The van der Waals surface area contributed by atoms with Crippen molar-refractivity contribution in [3.05, 3.63) is 94.0 Å². The van der Waals surface area contributed by atoms with Crippen molar-refractivity contribution < 1.29 is 18.0 Å². The van der Waals surface area contributed by atoms with E-state index in [1.807, 2.05) is 58.9 Å². The van der Waals surface area contributed by atoms with Gasteiger partial charge in [0.15, 0.2) is 0 Å². The number of carbonyl (C=O) groups excluding carboxylic acids is 2. The number of benzene rings is 3. The number of nitrogens with zero attached hydrogens (tertiary/aromatic N) is 2. The van der Waals surface area contributed by atoms with Gasteiger partial charge in [-0.2, -0.15) is 0 Å². The third-order valence-electron chi connectivity index (χ3n) is 6.08. The number of hydrogen-bond acceptors (Lipinski definition) is 4. The zero-order chi connectivity index (χ0) is 29.0. The molecule has 0 radical (unpaired) electrons. The zero-order valence-electron chi connectivity index (χ0n) is 23.2. The monoisotopic (exact) mass is 613 g/mol. The number of sulfonamides is 1. The smallest absolute Gasteiger partial charge is 0.264 e. The molecule has 3 aromatic carbocycles. The van der Waals surface area contributed by atoms with Crippen LogP contribution in [0.3, 0.4) is 0 Å². The molecule has 0 bridgehead atoms. The van der Waals surface area contributed by atoms with Crippen molar-refractivity contribution in [1.82, 2.24) is 10.2 Å². The van der Waals surface area contributed by atoms with Gasteiger partial charge in [-0.05, 0) is 77.4 Å². The summed E-state index contributed by atoms with van der Waals surface area (Å²) >= 11 is 3.41. The maximum Gasteiger partial charge on any atom is 0.264 e. The van der Waals surface area contributed by atoms with Gasteiger partial charge in [0.1, 0.15) is 12.6 Å². The molecule has 3 aromatic rings. The molecule has 1 atom stereocenters. The maximum atomic E-state index is 14.0. The van der Waals surface area contributed by atoms with E-state index in [9.17, 15) is 18.0 Å². The fourth-order valence-electron chi connectivity index (χ4n) is 4.06. The first-order valence-corrected chi connectivity index (χ1v) is 14.9. The van der Waals surface area contributed by atoms with Crippen molar-refractivity contribution >= 4 is 43.5 Å². The molecule has 2 amide bonds. The Kier molecular flexibility index (Phi) is 9.61. The lowest BCUT2D eigenvalue weighted by atomic mass is 10.1. The predicted molar refractivity (Wildman–Crippen MR) is 159 cm³/mol. The van der Waals surface area contributed by atoms with Crippen LogP contribution in [0.1, 0.15) is 44.4 Å². The average Bonchev–Trinajstić information content (AvgIpc) is 2.84. The van der Waals surface area contributed by atoms with E-state index >= 15 is 0 Å². The lowest BCUT2D eigenvalue weighted by Gasteiger charge is -2.33. The molecule has 0 aliphatic heterocycles. The molecule has 0 saturated carbocycles. The number of amides is 2. The molecule has 0 aromatic heterocycles. The molecule has 0 saturated heterocycles. The Labute approximate surface area is 240 Å². The number of carbonyl (C=O) groups is 2. The molecular weight excluding hydrogens is 578 g/mol. The fraction of sp³-hybridized carbons (Fsp3) is 0.333. The van der Waals surface area contributed by atoms with Crippen LogP contribution in [-0.2, 0) is 26.2 Å². The number of aryl methyl sites for hydroxylation is 2. The van der Waals surface area contributed by atoms with Crippen LogP contribution in [0.25, 0.3) is 0 Å². The summed E-state index contributed by atoms with van der Waals surface area (Å²) in [5, 5.41) is 2.93. The Bertz CT molecular complexity index is 1430. The predicted octanol–water partition coefficient (Wildman–Crippen LogP) is 5.59. The van der Waals surface area contributed by atoms with E-state index < -0.39 is 34.1 Å². The quantitative estimate of drug-likeness (QED) is 0.341. The summed E-state index contributed by atoms with van der Waals surface area (Å²) in [5.74, 6) is -0.817. The van der Waals surface area contributed by atoms with Crippen molar-refractivity contribution in [2.75, 3.05) is 10.8 Å². The van der Waals surface area contributed by atoms with Crippen LogP contribution in [0.2, 0.25) is 0 Å². The van der Waals surface area contributed by atoms with Crippen molar-refractivity contribution in [2.45, 2.75) is 64.6 Å². The number of halogens is 1. The van der Waals surface area contributed by atoms with Crippen molar-refractivity contribution in [3.63, 3.8) is 0 Å². The van der Waals surface area contributed by atoms with Gasteiger partial charge in [0.05, 0.1) is 10.6 Å². The first-order valence-electron chi connectivity index (χ1n) is 12.7. The van der Waals surface area contributed by atoms with E-state index in [2.05, 4.69) is 21.2 Å². The van der Waals surface area contributed by atoms with E-state index in [1.54, 1.807) is 43.3 Å². The van der Waals surface area contributed by atoms with Gasteiger partial charge in [-0.25, -0.2) is 8.42 Å². The molecular formula is C30H36BrN3O4S. The second kappa shape index (κ2) is 12.3. The highest BCUT2D eigenvalue weighted by molar-refractivity contribution is 9.10. The third-order valence-corrected chi connectivity index (χ3v) is 8.37. The Morgan fingerprint density at radius 1 is 0.923 bits per heavy atom. The van der Waals surface area contributed by atoms with Crippen molar-refractivity contribution in [1.29, 1.82) is 0 Å². The van der Waals surface area contributed by atoms with Gasteiger partial charge in [0.2, 0.25) is 11.8 Å². The summed E-state index contributed by atoms with van der Waals surface area (Å²) in [5.41, 5.74) is 2.61. The highest BCUT2D eigenvalue weighted by Gasteiger charge is 2.33. The molecule has 0 aliphatic rings. The highest BCUT2D eigenvalue weighted by atomic mass is 79.9. The van der Waals surface area contributed by atoms with E-state index in [-0.39, 0.29) is 17.3 Å². The highest BCUT2D eigenvalue weighted by Crippen LogP contribution is 2.27. The summed E-state index contributed by atoms with van der Waals surface area (Å²) < 4.78 is 29.5. The van der Waals surface area contributed by atoms with E-state index in [1.165, 1.54) is 17.0 Å². The van der Waals surface area contributed by atoms with Crippen LogP contribution in [-0.4, -0.2) is 43.3 Å². The summed E-state index contributed by atoms with van der Waals surface area (Å²) in [6.45, 7) is 10.8. The van der Waals surface area contributed by atoms with Crippen molar-refractivity contribution in [3.8, 4) is 0 Å². The first-order chi connectivity index (χ1) is 18.2. The molecule has 1 unspecified atom stereocenters. The number of nitrogens with one attached hydrogen (secondary N) is 1. The van der Waals surface area contributed by atoms with Gasteiger partial charge in [-0.15, -0.1) is 0 Å². The number of anilines is 1. The molecule has 1 N–H and O–H groups in total. The van der Waals surface area contributed by atoms with E-state index in [0.717, 1.165) is 21.0 Å². The molecule has 208 valence electrons. The van der Waals surface area contributed by atoms with Gasteiger partial charge in [0.25, 0.3) is 10.0 Å². The molecule has 0 fully saturated rings. The van der Waals surface area contributed by atoms with Crippen LogP contribution in [0.5, 0.6) is 0 Å². The second-order valence-corrected chi connectivity index (χ2v) is 13.5. The largest absolute Gasteiger partial charge is 0.350 e. The number of hydrogen-bond donors (Lipinski definition) is 1. The molecule has 0 aliphatic carbocycles. The summed E-state index contributed by atoms with van der Waals surface area (Å²) in [6.07, 6.45) is 0. The average molecular weight is 615 g/mol. The minimum Gasteiger partial charge on any atom is -0.350 e. The minimum atomic E-state index is -4.11. The lowest BCUT2D eigenvalue weighted by molar-refractivity contribution is -0.140. The first kappa shape index (κ1) is 30.4. The number of rotatable bonds is 9. The van der Waals surface area contributed by atoms with Crippen LogP contribution in [0.4, 0.5) is 5.69 Å². The van der Waals surface area contributed by atoms with Crippen LogP contribution >= 0.6 is 15.9 Å². The summed E-state index contributed by atoms with van der Waals surface area (Å²) in [6, 6.07) is 20.1. The molecule has 9 heteroatoms. The van der Waals surface area contributed by atoms with E-state index in [0.29, 0.717) is 10.2 Å². The zero-order valence-corrected chi connectivity index (χ0v) is 25.6. The standard InChI is InChI=1S/C30H36BrN3O4S/c1-21-13-15-27(16-14-21)39(37,38)34(26-12-8-11-25(31)18-26)20-28(35)33(19-24-10-7-9-22(2)17-24)23(3)29(36)32-30(4,5)6/h7-18,23H,19-20H2,1-6H3,(H,32,36). The maximum absolute atomic E-state index is 14.0. The molecule has 39 heavy (non-hydrogen) atoms. The topological polar surface area (TPSA) is 86.8 Å². The Balaban J connectivity index is 2.04. The van der Waals surface area contributed by atoms with Crippen LogP contribution in [0.15, 0.2) is 82.2 Å². The summed E-state index contributed by atoms with van der Waals surface area (Å²) in [7, 11) is -4.11. The molecule has 0 heterocycles. The Hall–Kier alpha value is -3.17. The fourth-order valence-corrected chi connectivity index (χ4v) is 5.85. The SMILES string of the molecule is Cc1ccc(S(=O)(=O)N(CC(=O)N(Cc2cccc(C)c2)C(C)C(=O)NC(C)(C)C)c2cccc(Br)c2)cc1. The van der Waals surface area contributed by atoms with Crippen LogP contribution < -0.4 is 9.62 Å². The van der Waals surface area contributed by atoms with Gasteiger partial charge in [-0.3, -0.25) is 13.9 Å². The Morgan fingerprint density at radius 2 is 1.56 bits per heavy atom. The van der Waals surface area contributed by atoms with Gasteiger partial charge in [-0.1, -0.05) is 69.5 Å². The van der Waals surface area contributed by atoms with E-state index in [4.69, 9.17) is 0 Å². The van der Waals surface area contributed by atoms with Gasteiger partial charge < -0.3 is 10.2 Å². The van der Waals surface area contributed by atoms with Gasteiger partial charge >= 0.3 is 0 Å². The summed E-state index contributed by atoms with van der Waals surface area (Å²) in [4.78, 5) is 28.7. The third kappa shape index (κ3) is 8.16. The second-order valence-electron chi connectivity index (χ2n) is 10.7. The lowest BCUT2D eigenvalue weighted by Crippen LogP contribution is -2.54. The molecule has 7 nitrogen and oxygen atoms in total. The molecule has 3 rings (SSSR count). The van der Waals surface area contributed by atoms with Crippen LogP contribution in [0, 0.1) is 13.8 Å².